The number of aryl methyl sites for hydroxylation is 2. The van der Waals surface area contributed by atoms with Crippen molar-refractivity contribution in [3.63, 3.8) is 0 Å². The van der Waals surface area contributed by atoms with E-state index in [-0.39, 0.29) is 53.3 Å². The summed E-state index contributed by atoms with van der Waals surface area (Å²) in [5, 5.41) is 14.2. The molecule has 0 saturated heterocycles. The Morgan fingerprint density at radius 3 is 2.02 bits per heavy atom. The van der Waals surface area contributed by atoms with Crippen LogP contribution in [0.2, 0.25) is 10.0 Å². The van der Waals surface area contributed by atoms with E-state index in [0.29, 0.717) is 47.7 Å². The van der Waals surface area contributed by atoms with Crippen LogP contribution < -0.4 is 26.5 Å². The molecule has 6 heterocycles. The normalized spacial score (nSPS) is 12.7. The highest BCUT2D eigenvalue weighted by molar-refractivity contribution is 6.31. The lowest BCUT2D eigenvalue weighted by Gasteiger charge is -2.29. The first kappa shape index (κ1) is 46.0. The molecule has 2 aliphatic rings. The Morgan fingerprint density at radius 2 is 1.39 bits per heavy atom. The number of hydrogen-bond acceptors (Lipinski definition) is 8. The molecule has 0 unspecified atom stereocenters. The number of ether oxygens (including phenoxy) is 1. The largest absolute Gasteiger partial charge is 0.417 e. The number of rotatable bonds is 4. The smallest absolute Gasteiger partial charge is 0.410 e. The molecule has 0 bridgehead atoms. The van der Waals surface area contributed by atoms with Crippen molar-refractivity contribution in [1.82, 2.24) is 38.6 Å². The van der Waals surface area contributed by atoms with Crippen LogP contribution in [-0.2, 0) is 51.2 Å². The SMILES string of the molecule is C.Cl.Cn1c(=O)c2c(n3nccc13)CN(C(=O)Cc1ccc(F)c(Cl)c1)CC2.Cn1c(=O)c2c(n3nccc13)CNCC2.O=C(Nc1ccc(F)c(Cl)c1)Oc1ccccc1. The molecule has 0 saturated carbocycles. The maximum atomic E-state index is 13.3. The van der Waals surface area contributed by atoms with Crippen LogP contribution in [0.1, 0.15) is 35.5 Å². The Balaban J connectivity index is 0.000000178. The monoisotopic (exact) mass is 895 g/mol. The Hall–Kier alpha value is -6.07. The number of halogens is 5. The van der Waals surface area contributed by atoms with Crippen molar-refractivity contribution in [1.29, 1.82) is 0 Å². The molecule has 0 aliphatic carbocycles. The highest BCUT2D eigenvalue weighted by atomic mass is 35.5. The summed E-state index contributed by atoms with van der Waals surface area (Å²) in [4.78, 5) is 50.4. The molecule has 9 rings (SSSR count). The lowest BCUT2D eigenvalue weighted by Crippen LogP contribution is -2.41. The van der Waals surface area contributed by atoms with Crippen molar-refractivity contribution in [3.8, 4) is 5.75 Å². The Labute approximate surface area is 364 Å². The van der Waals surface area contributed by atoms with Gasteiger partial charge >= 0.3 is 6.09 Å². The first-order valence-electron chi connectivity index (χ1n) is 18.4. The Kier molecular flexibility index (Phi) is 15.1. The fraction of sp³-hybridized carbons (Fsp3) is 0.238. The van der Waals surface area contributed by atoms with Crippen LogP contribution in [0, 0.1) is 11.6 Å². The van der Waals surface area contributed by atoms with Gasteiger partial charge < -0.3 is 15.0 Å². The van der Waals surface area contributed by atoms with Gasteiger partial charge in [0.25, 0.3) is 11.1 Å². The molecular weight excluding hydrogens is 855 g/mol. The van der Waals surface area contributed by atoms with Gasteiger partial charge in [-0.1, -0.05) is 54.9 Å². The summed E-state index contributed by atoms with van der Waals surface area (Å²) in [5.41, 5.74) is 5.95. The van der Waals surface area contributed by atoms with Gasteiger partial charge in [-0.3, -0.25) is 28.8 Å². The number of para-hydroxylation sites is 1. The first-order valence-corrected chi connectivity index (χ1v) is 19.2. The fourth-order valence-electron chi connectivity index (χ4n) is 6.87. The average molecular weight is 897 g/mol. The zero-order chi connectivity index (χ0) is 41.8. The molecule has 2 aliphatic heterocycles. The minimum atomic E-state index is -0.663. The van der Waals surface area contributed by atoms with E-state index in [1.165, 1.54) is 30.3 Å². The highest BCUT2D eigenvalue weighted by Gasteiger charge is 2.26. The van der Waals surface area contributed by atoms with Crippen molar-refractivity contribution in [2.75, 3.05) is 18.4 Å². The summed E-state index contributed by atoms with van der Waals surface area (Å²) in [6.45, 7) is 2.37. The van der Waals surface area contributed by atoms with E-state index in [0.717, 1.165) is 42.1 Å². The van der Waals surface area contributed by atoms with Gasteiger partial charge in [-0.15, -0.1) is 12.4 Å². The number of amides is 2. The van der Waals surface area contributed by atoms with Crippen LogP contribution in [-0.4, -0.2) is 58.4 Å². The van der Waals surface area contributed by atoms with E-state index in [1.54, 1.807) is 81.4 Å². The van der Waals surface area contributed by atoms with E-state index < -0.39 is 17.7 Å². The van der Waals surface area contributed by atoms with Crippen molar-refractivity contribution in [2.24, 2.45) is 14.1 Å². The summed E-state index contributed by atoms with van der Waals surface area (Å²) in [6.07, 6.45) is 4.09. The molecule has 0 atom stereocenters. The van der Waals surface area contributed by atoms with Gasteiger partial charge in [-0.2, -0.15) is 10.2 Å². The molecule has 2 amide bonds. The van der Waals surface area contributed by atoms with Crippen LogP contribution in [0.3, 0.4) is 0 Å². The van der Waals surface area contributed by atoms with Crippen LogP contribution in [0.4, 0.5) is 19.3 Å². The molecule has 2 N–H and O–H groups in total. The second kappa shape index (κ2) is 20.0. The fourth-order valence-corrected chi connectivity index (χ4v) is 7.25. The molecule has 14 nitrogen and oxygen atoms in total. The molecule has 320 valence electrons. The lowest BCUT2D eigenvalue weighted by atomic mass is 10.0. The van der Waals surface area contributed by atoms with Crippen molar-refractivity contribution in [2.45, 2.75) is 39.8 Å². The zero-order valence-corrected chi connectivity index (χ0v) is 34.5. The van der Waals surface area contributed by atoms with Gasteiger partial charge in [0.15, 0.2) is 0 Å². The topological polar surface area (TPSA) is 149 Å². The minimum absolute atomic E-state index is 0. The molecule has 7 aromatic rings. The van der Waals surface area contributed by atoms with Gasteiger partial charge in [0.05, 0.1) is 46.8 Å². The predicted octanol–water partition coefficient (Wildman–Crippen LogP) is 6.78. The maximum absolute atomic E-state index is 13.3. The molecule has 0 fully saturated rings. The third-order valence-corrected chi connectivity index (χ3v) is 10.5. The number of nitrogens with one attached hydrogen (secondary N) is 2. The van der Waals surface area contributed by atoms with E-state index in [2.05, 4.69) is 20.8 Å². The molecule has 19 heteroatoms. The van der Waals surface area contributed by atoms with Crippen molar-refractivity contribution < 1.29 is 23.1 Å². The standard InChI is InChI=1S/C18H16ClFN4O2.C13H9ClFNO2.C10H12N4O.CH4.ClH/c1-22-16-4-6-21-24(16)15-10-23(7-5-12(15)18(22)26)17(25)9-11-2-3-14(20)13(19)8-11;14-11-8-9(6-7-12(11)15)16-13(17)18-10-4-2-1-3-5-10;1-13-9-3-5-12-14(9)8-6-11-4-2-7(8)10(13)15;;/h2-4,6,8H,5,7,9-10H2,1H3;1-8H,(H,16,17);3,5,11H,2,4,6H2,1H3;1H4;1H. The number of nitrogens with zero attached hydrogens (tertiary/aromatic N) is 7. The van der Waals surface area contributed by atoms with E-state index >= 15 is 0 Å². The van der Waals surface area contributed by atoms with E-state index in [9.17, 15) is 28.0 Å². The van der Waals surface area contributed by atoms with Crippen LogP contribution in [0.5, 0.6) is 5.75 Å². The zero-order valence-electron chi connectivity index (χ0n) is 32.2. The Morgan fingerprint density at radius 1 is 0.803 bits per heavy atom. The summed E-state index contributed by atoms with van der Waals surface area (Å²) in [7, 11) is 3.51. The van der Waals surface area contributed by atoms with Gasteiger partial charge in [0.2, 0.25) is 5.91 Å². The molecule has 3 aromatic carbocycles. The molecule has 0 radical (unpaired) electrons. The van der Waals surface area contributed by atoms with Gasteiger partial charge in [0, 0.05) is 56.1 Å². The quantitative estimate of drug-likeness (QED) is 0.197. The van der Waals surface area contributed by atoms with E-state index in [1.807, 2.05) is 16.6 Å². The van der Waals surface area contributed by atoms with Crippen molar-refractivity contribution in [3.05, 3.63) is 162 Å². The van der Waals surface area contributed by atoms with Gasteiger partial charge in [0.1, 0.15) is 28.7 Å². The number of anilines is 1. The number of hydrogen-bond donors (Lipinski definition) is 2. The second-order valence-corrected chi connectivity index (χ2v) is 14.5. The lowest BCUT2D eigenvalue weighted by molar-refractivity contribution is -0.131. The molecule has 61 heavy (non-hydrogen) atoms. The number of carbonyl (C=O) groups excluding carboxylic acids is 2. The molecule has 4 aromatic heterocycles. The van der Waals surface area contributed by atoms with Crippen LogP contribution in [0.25, 0.3) is 11.3 Å². The minimum Gasteiger partial charge on any atom is -0.410 e. The van der Waals surface area contributed by atoms with Crippen LogP contribution in [0.15, 0.2) is 101 Å². The summed E-state index contributed by atoms with van der Waals surface area (Å²) in [6, 6.07) is 20.4. The number of aromatic nitrogens is 6. The van der Waals surface area contributed by atoms with Crippen molar-refractivity contribution >= 4 is 64.6 Å². The van der Waals surface area contributed by atoms with Gasteiger partial charge in [-0.05, 0) is 67.4 Å². The number of carbonyl (C=O) groups is 2. The predicted molar refractivity (Wildman–Crippen MR) is 232 cm³/mol. The average Bonchev–Trinajstić information content (AvgIpc) is 3.94. The number of benzene rings is 3. The first-order chi connectivity index (χ1) is 28.4. The molecular formula is C42H42Cl3F2N9O5. The highest BCUT2D eigenvalue weighted by Crippen LogP contribution is 2.22. The summed E-state index contributed by atoms with van der Waals surface area (Å²) in [5.74, 6) is -0.729. The van der Waals surface area contributed by atoms with Crippen LogP contribution >= 0.6 is 35.6 Å². The Bertz CT molecular complexity index is 2830. The number of fused-ring (bicyclic) bond motifs is 6. The summed E-state index contributed by atoms with van der Waals surface area (Å²) < 4.78 is 38.0. The van der Waals surface area contributed by atoms with E-state index in [4.69, 9.17) is 27.9 Å². The third-order valence-electron chi connectivity index (χ3n) is 9.89. The second-order valence-electron chi connectivity index (χ2n) is 13.7. The summed E-state index contributed by atoms with van der Waals surface area (Å²) >= 11 is 11.4. The third kappa shape index (κ3) is 10.1. The van der Waals surface area contributed by atoms with Gasteiger partial charge in [-0.25, -0.2) is 22.6 Å². The maximum Gasteiger partial charge on any atom is 0.417 e. The molecule has 0 spiro atoms.